The maximum absolute atomic E-state index is 12.1. The van der Waals surface area contributed by atoms with Crippen molar-refractivity contribution in [2.45, 2.75) is 45.8 Å². The van der Waals surface area contributed by atoms with Crippen molar-refractivity contribution < 1.29 is 13.9 Å². The van der Waals surface area contributed by atoms with Crippen LogP contribution in [0.15, 0.2) is 22.8 Å². The Bertz CT molecular complexity index is 479. The summed E-state index contributed by atoms with van der Waals surface area (Å²) < 4.78 is 10.9. The molecule has 124 valence electrons. The van der Waals surface area contributed by atoms with Gasteiger partial charge in [-0.3, -0.25) is 4.90 Å². The molecule has 5 heteroatoms. The van der Waals surface area contributed by atoms with Gasteiger partial charge in [-0.15, -0.1) is 0 Å². The van der Waals surface area contributed by atoms with E-state index < -0.39 is 5.60 Å². The Morgan fingerprint density at radius 2 is 2.27 bits per heavy atom. The molecule has 2 heterocycles. The number of likely N-dealkylation sites (tertiary alicyclic amines) is 1. The van der Waals surface area contributed by atoms with E-state index in [0.717, 1.165) is 31.8 Å². The fraction of sp³-hybridized carbons (Fsp3) is 0.706. The molecule has 0 aliphatic carbocycles. The lowest BCUT2D eigenvalue weighted by atomic mass is 10.1. The van der Waals surface area contributed by atoms with E-state index in [-0.39, 0.29) is 12.1 Å². The number of rotatable bonds is 4. The van der Waals surface area contributed by atoms with Gasteiger partial charge in [-0.05, 0) is 59.2 Å². The van der Waals surface area contributed by atoms with Crippen LogP contribution in [0.4, 0.5) is 4.79 Å². The first-order valence-corrected chi connectivity index (χ1v) is 7.98. The van der Waals surface area contributed by atoms with Gasteiger partial charge in [0.2, 0.25) is 0 Å². The summed E-state index contributed by atoms with van der Waals surface area (Å²) in [6.07, 6.45) is 2.53. The molecule has 2 atom stereocenters. The molecule has 1 aliphatic heterocycles. The monoisotopic (exact) mass is 308 g/mol. The van der Waals surface area contributed by atoms with Crippen LogP contribution in [0, 0.1) is 5.92 Å². The number of ether oxygens (including phenoxy) is 1. The van der Waals surface area contributed by atoms with Crippen LogP contribution in [-0.4, -0.2) is 48.2 Å². The number of furan rings is 1. The third-order valence-corrected chi connectivity index (χ3v) is 4.10. The molecular weight excluding hydrogens is 280 g/mol. The molecule has 0 saturated carbocycles. The predicted molar refractivity (Wildman–Crippen MR) is 85.7 cm³/mol. The van der Waals surface area contributed by atoms with Gasteiger partial charge in [0.25, 0.3) is 0 Å². The van der Waals surface area contributed by atoms with Gasteiger partial charge < -0.3 is 14.1 Å². The molecule has 0 bridgehead atoms. The highest BCUT2D eigenvalue weighted by Gasteiger charge is 2.31. The number of carbonyl (C=O) groups excluding carboxylic acids is 1. The number of hydrogen-bond donors (Lipinski definition) is 0. The van der Waals surface area contributed by atoms with Crippen molar-refractivity contribution in [3.63, 3.8) is 0 Å². The van der Waals surface area contributed by atoms with Crippen LogP contribution in [-0.2, 0) is 4.74 Å². The first-order valence-electron chi connectivity index (χ1n) is 7.98. The molecule has 1 aromatic heterocycles. The van der Waals surface area contributed by atoms with Crippen LogP contribution >= 0.6 is 0 Å². The number of hydrogen-bond acceptors (Lipinski definition) is 4. The SMILES string of the molecule is C[C@@H](c1ccco1)N(C)C[C@@H]1CCN(C(=O)OC(C)(C)C)C1. The minimum atomic E-state index is -0.431. The van der Waals surface area contributed by atoms with Crippen molar-refractivity contribution in [3.8, 4) is 0 Å². The molecule has 1 amide bonds. The summed E-state index contributed by atoms with van der Waals surface area (Å²) in [5.74, 6) is 1.46. The van der Waals surface area contributed by atoms with Crippen molar-refractivity contribution in [2.24, 2.45) is 5.92 Å². The summed E-state index contributed by atoms with van der Waals surface area (Å²) in [6, 6.07) is 4.16. The van der Waals surface area contributed by atoms with Crippen LogP contribution in [0.3, 0.4) is 0 Å². The second-order valence-corrected chi connectivity index (χ2v) is 7.21. The molecular formula is C17H28N2O3. The summed E-state index contributed by atoms with van der Waals surface area (Å²) in [5, 5.41) is 0. The predicted octanol–water partition coefficient (Wildman–Crippen LogP) is 3.53. The number of amides is 1. The molecule has 1 saturated heterocycles. The van der Waals surface area contributed by atoms with Gasteiger partial charge in [0, 0.05) is 19.6 Å². The maximum atomic E-state index is 12.1. The van der Waals surface area contributed by atoms with Gasteiger partial charge in [-0.1, -0.05) is 0 Å². The Hall–Kier alpha value is -1.49. The van der Waals surface area contributed by atoms with E-state index in [9.17, 15) is 4.79 Å². The number of carbonyl (C=O) groups is 1. The van der Waals surface area contributed by atoms with Crippen LogP contribution in [0.25, 0.3) is 0 Å². The summed E-state index contributed by atoms with van der Waals surface area (Å²) in [4.78, 5) is 16.2. The zero-order valence-corrected chi connectivity index (χ0v) is 14.3. The smallest absolute Gasteiger partial charge is 0.410 e. The molecule has 0 N–H and O–H groups in total. The largest absolute Gasteiger partial charge is 0.468 e. The quantitative estimate of drug-likeness (QED) is 0.853. The lowest BCUT2D eigenvalue weighted by Gasteiger charge is -2.27. The van der Waals surface area contributed by atoms with Gasteiger partial charge in [0.1, 0.15) is 11.4 Å². The topological polar surface area (TPSA) is 45.9 Å². The first kappa shape index (κ1) is 16.9. The summed E-state index contributed by atoms with van der Waals surface area (Å²) in [6.45, 7) is 10.3. The molecule has 0 radical (unpaired) electrons. The van der Waals surface area contributed by atoms with Gasteiger partial charge >= 0.3 is 6.09 Å². The van der Waals surface area contributed by atoms with E-state index in [0.29, 0.717) is 5.92 Å². The van der Waals surface area contributed by atoms with Crippen molar-refractivity contribution in [3.05, 3.63) is 24.2 Å². The van der Waals surface area contributed by atoms with Gasteiger partial charge in [-0.2, -0.15) is 0 Å². The molecule has 22 heavy (non-hydrogen) atoms. The summed E-state index contributed by atoms with van der Waals surface area (Å²) in [5.41, 5.74) is -0.431. The van der Waals surface area contributed by atoms with E-state index in [2.05, 4.69) is 18.9 Å². The van der Waals surface area contributed by atoms with Crippen LogP contribution in [0.1, 0.15) is 45.9 Å². The summed E-state index contributed by atoms with van der Waals surface area (Å²) >= 11 is 0. The average Bonchev–Trinajstić information content (AvgIpc) is 3.06. The molecule has 1 aromatic rings. The lowest BCUT2D eigenvalue weighted by molar-refractivity contribution is 0.0284. The normalized spacial score (nSPS) is 20.5. The Labute approximate surface area is 133 Å². The highest BCUT2D eigenvalue weighted by molar-refractivity contribution is 5.68. The Balaban J connectivity index is 1.82. The second kappa shape index (κ2) is 6.73. The third-order valence-electron chi connectivity index (χ3n) is 4.10. The molecule has 0 spiro atoms. The molecule has 5 nitrogen and oxygen atoms in total. The van der Waals surface area contributed by atoms with Crippen LogP contribution in [0.2, 0.25) is 0 Å². The minimum Gasteiger partial charge on any atom is -0.468 e. The fourth-order valence-electron chi connectivity index (χ4n) is 2.79. The summed E-state index contributed by atoms with van der Waals surface area (Å²) in [7, 11) is 2.10. The zero-order valence-electron chi connectivity index (χ0n) is 14.3. The lowest BCUT2D eigenvalue weighted by Crippen LogP contribution is -2.36. The van der Waals surface area contributed by atoms with E-state index in [4.69, 9.17) is 9.15 Å². The van der Waals surface area contributed by atoms with Crippen LogP contribution in [0.5, 0.6) is 0 Å². The second-order valence-electron chi connectivity index (χ2n) is 7.21. The van der Waals surface area contributed by atoms with E-state index in [1.54, 1.807) is 6.26 Å². The molecule has 1 fully saturated rings. The fourth-order valence-corrected chi connectivity index (χ4v) is 2.79. The molecule has 0 unspecified atom stereocenters. The van der Waals surface area contributed by atoms with Gasteiger partial charge in [0.05, 0.1) is 12.3 Å². The van der Waals surface area contributed by atoms with Crippen molar-refractivity contribution in [1.29, 1.82) is 0 Å². The molecule has 1 aliphatic rings. The minimum absolute atomic E-state index is 0.197. The average molecular weight is 308 g/mol. The van der Waals surface area contributed by atoms with E-state index >= 15 is 0 Å². The standard InChI is InChI=1S/C17H28N2O3/c1-13(15-7-6-10-21-15)18(5)11-14-8-9-19(12-14)16(20)22-17(2,3)4/h6-7,10,13-14H,8-9,11-12H2,1-5H3/t13-,14-/m0/s1. The highest BCUT2D eigenvalue weighted by Crippen LogP contribution is 2.24. The molecule has 0 aromatic carbocycles. The van der Waals surface area contributed by atoms with Crippen molar-refractivity contribution in [2.75, 3.05) is 26.7 Å². The van der Waals surface area contributed by atoms with E-state index in [1.807, 2.05) is 37.8 Å². The first-order chi connectivity index (χ1) is 10.3. The van der Waals surface area contributed by atoms with Crippen molar-refractivity contribution >= 4 is 6.09 Å². The Morgan fingerprint density at radius 3 is 2.86 bits per heavy atom. The van der Waals surface area contributed by atoms with Crippen LogP contribution < -0.4 is 0 Å². The molecule has 2 rings (SSSR count). The van der Waals surface area contributed by atoms with Gasteiger partial charge in [0.15, 0.2) is 0 Å². The Kier molecular flexibility index (Phi) is 5.16. The maximum Gasteiger partial charge on any atom is 0.410 e. The van der Waals surface area contributed by atoms with E-state index in [1.165, 1.54) is 0 Å². The Morgan fingerprint density at radius 1 is 1.55 bits per heavy atom. The van der Waals surface area contributed by atoms with Gasteiger partial charge in [-0.25, -0.2) is 4.79 Å². The third kappa shape index (κ3) is 4.50. The zero-order chi connectivity index (χ0) is 16.3. The highest BCUT2D eigenvalue weighted by atomic mass is 16.6. The number of nitrogens with zero attached hydrogens (tertiary/aromatic N) is 2. The van der Waals surface area contributed by atoms with Crippen molar-refractivity contribution in [1.82, 2.24) is 9.80 Å².